The fourth-order valence-corrected chi connectivity index (χ4v) is 8.40. The van der Waals surface area contributed by atoms with Crippen LogP contribution in [0.3, 0.4) is 0 Å². The summed E-state index contributed by atoms with van der Waals surface area (Å²) in [5.74, 6) is -7.09. The van der Waals surface area contributed by atoms with Crippen LogP contribution in [0, 0.1) is 23.3 Å². The Labute approximate surface area is 146 Å². The van der Waals surface area contributed by atoms with Gasteiger partial charge < -0.3 is 13.6 Å². The topological polar surface area (TPSA) is 27.7 Å². The van der Waals surface area contributed by atoms with Crippen LogP contribution in [0.4, 0.5) is 17.6 Å². The minimum Gasteiger partial charge on any atom is -0.396 e. The summed E-state index contributed by atoms with van der Waals surface area (Å²) in [6.45, 7) is 1.93. The second kappa shape index (κ2) is 7.73. The molecule has 0 radical (unpaired) electrons. The van der Waals surface area contributed by atoms with E-state index in [-0.39, 0.29) is 5.56 Å². The SMILES string of the molecule is CCCC1(OC)C(c2cc(F)c(F)c(F)c2F)CCC[Si]1(OC)OC. The van der Waals surface area contributed by atoms with Crippen LogP contribution in [0.25, 0.3) is 0 Å². The summed E-state index contributed by atoms with van der Waals surface area (Å²) in [5, 5.41) is -1.03. The highest BCUT2D eigenvalue weighted by atomic mass is 28.4. The van der Waals surface area contributed by atoms with Crippen LogP contribution in [-0.4, -0.2) is 35.1 Å². The number of rotatable bonds is 6. The minimum absolute atomic E-state index is 0.225. The van der Waals surface area contributed by atoms with Crippen molar-refractivity contribution in [2.24, 2.45) is 0 Å². The van der Waals surface area contributed by atoms with Gasteiger partial charge in [-0.2, -0.15) is 0 Å². The monoisotopic (exact) mass is 380 g/mol. The standard InChI is InChI=1S/C17H24F4O3Si/c1-5-8-17(22-2)12(7-6-9-25(17,23-3)24-4)11-10-13(18)15(20)16(21)14(11)19/h10,12H,5-9H2,1-4H3. The van der Waals surface area contributed by atoms with Crippen molar-refractivity contribution in [1.29, 1.82) is 0 Å². The number of hydrogen-bond acceptors (Lipinski definition) is 3. The van der Waals surface area contributed by atoms with Gasteiger partial charge in [-0.3, -0.25) is 0 Å². The fourth-order valence-electron chi connectivity index (χ4n) is 4.27. The van der Waals surface area contributed by atoms with Crippen LogP contribution in [0.5, 0.6) is 0 Å². The highest BCUT2D eigenvalue weighted by molar-refractivity contribution is 6.71. The third-order valence-electron chi connectivity index (χ3n) is 5.36. The van der Waals surface area contributed by atoms with Crippen molar-refractivity contribution in [3.63, 3.8) is 0 Å². The molecule has 142 valence electrons. The van der Waals surface area contributed by atoms with E-state index in [1.165, 1.54) is 21.3 Å². The van der Waals surface area contributed by atoms with Gasteiger partial charge in [0.25, 0.3) is 0 Å². The van der Waals surface area contributed by atoms with Crippen LogP contribution in [0.15, 0.2) is 6.07 Å². The van der Waals surface area contributed by atoms with Crippen LogP contribution in [-0.2, 0) is 13.6 Å². The van der Waals surface area contributed by atoms with Gasteiger partial charge in [0.05, 0.1) is 0 Å². The van der Waals surface area contributed by atoms with E-state index >= 15 is 0 Å². The van der Waals surface area contributed by atoms with Gasteiger partial charge >= 0.3 is 8.56 Å². The lowest BCUT2D eigenvalue weighted by atomic mass is 9.85. The molecule has 1 fully saturated rings. The molecule has 0 bridgehead atoms. The van der Waals surface area contributed by atoms with Crippen LogP contribution >= 0.6 is 0 Å². The maximum absolute atomic E-state index is 14.5. The molecule has 0 spiro atoms. The molecule has 0 N–H and O–H groups in total. The van der Waals surface area contributed by atoms with Gasteiger partial charge in [0.2, 0.25) is 0 Å². The highest BCUT2D eigenvalue weighted by Crippen LogP contribution is 2.51. The third-order valence-corrected chi connectivity index (χ3v) is 9.78. The first-order chi connectivity index (χ1) is 11.8. The molecule has 25 heavy (non-hydrogen) atoms. The third kappa shape index (κ3) is 3.03. The molecule has 1 heterocycles. The quantitative estimate of drug-likeness (QED) is 0.313. The Morgan fingerprint density at radius 2 is 1.72 bits per heavy atom. The predicted molar refractivity (Wildman–Crippen MR) is 87.5 cm³/mol. The maximum atomic E-state index is 14.5. The summed E-state index contributed by atoms with van der Waals surface area (Å²) in [4.78, 5) is 0. The van der Waals surface area contributed by atoms with E-state index < -0.39 is 43.0 Å². The predicted octanol–water partition coefficient (Wildman–Crippen LogP) is 4.58. The average molecular weight is 380 g/mol. The van der Waals surface area contributed by atoms with Crippen LogP contribution in [0.1, 0.15) is 44.1 Å². The van der Waals surface area contributed by atoms with E-state index in [0.717, 1.165) is 6.07 Å². The Kier molecular flexibility index (Phi) is 6.29. The maximum Gasteiger partial charge on any atom is 0.371 e. The second-order valence-electron chi connectivity index (χ2n) is 6.34. The number of ether oxygens (including phenoxy) is 1. The highest BCUT2D eigenvalue weighted by Gasteiger charge is 2.63. The van der Waals surface area contributed by atoms with E-state index in [4.69, 9.17) is 13.6 Å². The van der Waals surface area contributed by atoms with Crippen molar-refractivity contribution in [3.05, 3.63) is 34.9 Å². The Bertz CT molecular complexity index is 624. The van der Waals surface area contributed by atoms with Crippen LogP contribution < -0.4 is 0 Å². The average Bonchev–Trinajstić information content (AvgIpc) is 2.63. The first kappa shape index (κ1) is 20.4. The molecule has 1 saturated heterocycles. The van der Waals surface area contributed by atoms with E-state index in [1.807, 2.05) is 6.92 Å². The van der Waals surface area contributed by atoms with Gasteiger partial charge in [0, 0.05) is 27.2 Å². The van der Waals surface area contributed by atoms with E-state index in [0.29, 0.717) is 31.7 Å². The smallest absolute Gasteiger partial charge is 0.371 e. The van der Waals surface area contributed by atoms with Gasteiger partial charge in [-0.1, -0.05) is 19.8 Å². The Morgan fingerprint density at radius 3 is 2.24 bits per heavy atom. The number of hydrogen-bond donors (Lipinski definition) is 0. The molecule has 0 aliphatic carbocycles. The molecule has 1 aromatic carbocycles. The minimum atomic E-state index is -2.98. The van der Waals surface area contributed by atoms with Crippen molar-refractivity contribution >= 4 is 8.56 Å². The van der Waals surface area contributed by atoms with Crippen LogP contribution in [0.2, 0.25) is 6.04 Å². The molecule has 8 heteroatoms. The lowest BCUT2D eigenvalue weighted by Crippen LogP contribution is -2.67. The van der Waals surface area contributed by atoms with Gasteiger partial charge in [0.1, 0.15) is 5.22 Å². The van der Waals surface area contributed by atoms with Crippen molar-refractivity contribution in [2.75, 3.05) is 21.3 Å². The normalized spacial score (nSPS) is 26.0. The molecular weight excluding hydrogens is 356 g/mol. The number of methoxy groups -OCH3 is 1. The lowest BCUT2D eigenvalue weighted by Gasteiger charge is -2.52. The zero-order valence-corrected chi connectivity index (χ0v) is 15.9. The van der Waals surface area contributed by atoms with Gasteiger partial charge in [0.15, 0.2) is 23.3 Å². The molecule has 3 nitrogen and oxygen atoms in total. The molecule has 0 amide bonds. The van der Waals surface area contributed by atoms with Crippen molar-refractivity contribution < 1.29 is 31.2 Å². The molecule has 1 aliphatic rings. The Morgan fingerprint density at radius 1 is 1.08 bits per heavy atom. The summed E-state index contributed by atoms with van der Waals surface area (Å²) in [7, 11) is 1.53. The zero-order valence-electron chi connectivity index (χ0n) is 14.9. The Hall–Kier alpha value is -0.963. The zero-order chi connectivity index (χ0) is 18.8. The van der Waals surface area contributed by atoms with E-state index in [2.05, 4.69) is 0 Å². The Balaban J connectivity index is 2.70. The fraction of sp³-hybridized carbons (Fsp3) is 0.647. The van der Waals surface area contributed by atoms with E-state index in [1.54, 1.807) is 0 Å². The number of benzene rings is 1. The molecule has 0 saturated carbocycles. The van der Waals surface area contributed by atoms with Crippen molar-refractivity contribution in [3.8, 4) is 0 Å². The molecule has 2 rings (SSSR count). The van der Waals surface area contributed by atoms with Gasteiger partial charge in [-0.25, -0.2) is 17.6 Å². The molecule has 2 atom stereocenters. The summed E-state index contributed by atoms with van der Waals surface area (Å²) in [5.41, 5.74) is -0.225. The summed E-state index contributed by atoms with van der Waals surface area (Å²) >= 11 is 0. The number of halogens is 4. The van der Waals surface area contributed by atoms with Gasteiger partial charge in [-0.05, 0) is 30.5 Å². The summed E-state index contributed by atoms with van der Waals surface area (Å²) in [6, 6.07) is 1.36. The second-order valence-corrected chi connectivity index (χ2v) is 10.0. The first-order valence-electron chi connectivity index (χ1n) is 8.32. The van der Waals surface area contributed by atoms with E-state index in [9.17, 15) is 17.6 Å². The first-order valence-corrected chi connectivity index (χ1v) is 10.3. The summed E-state index contributed by atoms with van der Waals surface area (Å²) < 4.78 is 72.9. The van der Waals surface area contributed by atoms with Crippen molar-refractivity contribution in [1.82, 2.24) is 0 Å². The lowest BCUT2D eigenvalue weighted by molar-refractivity contribution is -0.0312. The van der Waals surface area contributed by atoms with Crippen molar-refractivity contribution in [2.45, 2.75) is 49.8 Å². The molecule has 1 aromatic rings. The van der Waals surface area contributed by atoms with Gasteiger partial charge in [-0.15, -0.1) is 0 Å². The molecule has 1 aliphatic heterocycles. The summed E-state index contributed by atoms with van der Waals surface area (Å²) in [6.07, 6.45) is 2.23. The largest absolute Gasteiger partial charge is 0.396 e. The molecular formula is C17H24F4O3Si. The molecule has 2 unspecified atom stereocenters. The molecule has 0 aromatic heterocycles.